The highest BCUT2D eigenvalue weighted by atomic mass is 31.2. The van der Waals surface area contributed by atoms with Gasteiger partial charge in [0, 0.05) is 19.4 Å². The Kier molecular flexibility index (Phi) is 49.2. The van der Waals surface area contributed by atoms with Crippen LogP contribution in [0, 0.1) is 0 Å². The van der Waals surface area contributed by atoms with Crippen molar-refractivity contribution in [2.45, 2.75) is 161 Å². The zero-order valence-corrected chi connectivity index (χ0v) is 43.4. The molecule has 9 nitrogen and oxygen atoms in total. The number of hydrogen-bond donors (Lipinski definition) is 2. The highest BCUT2D eigenvalue weighted by Crippen LogP contribution is 2.43. The Labute approximate surface area is 419 Å². The molecule has 0 heterocycles. The molecule has 10 heteroatoms. The number of ether oxygens (including phenoxy) is 2. The lowest BCUT2D eigenvalue weighted by atomic mass is 10.1. The second-order valence-corrected chi connectivity index (χ2v) is 17.4. The standard InChI is InChI=1S/C59H90NO8P/c1-3-5-7-9-11-13-15-17-19-21-23-24-25-26-27-28-29-30-31-32-34-36-38-40-42-44-46-48-50-52-59(62)68-57(56-67-69(63,64)66-54-53-60)55-65-58(61)51-49-47-45-43-41-39-37-35-33-22-20-18-16-14-12-10-8-6-4-2/h5-8,11-14,17-20,23-24,26-27,29-30,32-35,38-41,44,46,57H,3-4,9-10,15-16,21-22,25,28,31,36-37,42-43,45,47-56,60H2,1-2H3,(H,63,64)/b7-5-,8-6-,13-11-,14-12-,19-17-,20-18-,24-23-,27-26-,30-29-,34-32-,35-33-,40-38-,41-39-,46-44-. The maximum Gasteiger partial charge on any atom is 0.472 e. The van der Waals surface area contributed by atoms with Crippen LogP contribution < -0.4 is 5.73 Å². The molecule has 0 radical (unpaired) electrons. The van der Waals surface area contributed by atoms with Crippen LogP contribution in [0.1, 0.15) is 155 Å². The Morgan fingerprint density at radius 1 is 0.435 bits per heavy atom. The van der Waals surface area contributed by atoms with Crippen molar-refractivity contribution in [3.8, 4) is 0 Å². The van der Waals surface area contributed by atoms with E-state index in [9.17, 15) is 19.0 Å². The lowest BCUT2D eigenvalue weighted by Crippen LogP contribution is -2.29. The number of esters is 2. The van der Waals surface area contributed by atoms with E-state index in [1.165, 1.54) is 0 Å². The molecule has 0 aromatic heterocycles. The average Bonchev–Trinajstić information content (AvgIpc) is 3.34. The minimum absolute atomic E-state index is 0.0284. The molecule has 69 heavy (non-hydrogen) atoms. The molecule has 0 aromatic carbocycles. The molecule has 0 saturated heterocycles. The molecule has 0 fully saturated rings. The van der Waals surface area contributed by atoms with E-state index in [0.29, 0.717) is 19.3 Å². The smallest absolute Gasteiger partial charge is 0.462 e. The fourth-order valence-corrected chi connectivity index (χ4v) is 6.66. The van der Waals surface area contributed by atoms with Gasteiger partial charge in [-0.2, -0.15) is 0 Å². The molecule has 0 bridgehead atoms. The molecule has 0 aromatic rings. The monoisotopic (exact) mass is 972 g/mol. The molecule has 0 aliphatic rings. The van der Waals surface area contributed by atoms with Gasteiger partial charge in [0.25, 0.3) is 0 Å². The number of phosphoric ester groups is 1. The fraction of sp³-hybridized carbons (Fsp3) is 0.492. The summed E-state index contributed by atoms with van der Waals surface area (Å²) in [6, 6.07) is 0. The van der Waals surface area contributed by atoms with Gasteiger partial charge in [-0.3, -0.25) is 18.6 Å². The number of hydrogen-bond acceptors (Lipinski definition) is 8. The summed E-state index contributed by atoms with van der Waals surface area (Å²) in [6.45, 7) is 3.36. The first-order valence-electron chi connectivity index (χ1n) is 25.6. The summed E-state index contributed by atoms with van der Waals surface area (Å²) in [6.07, 6.45) is 78.3. The predicted octanol–water partition coefficient (Wildman–Crippen LogP) is 15.9. The molecule has 0 amide bonds. The molecule has 384 valence electrons. The van der Waals surface area contributed by atoms with Crippen molar-refractivity contribution < 1.29 is 37.6 Å². The third-order valence-corrected chi connectivity index (χ3v) is 10.6. The zero-order valence-electron chi connectivity index (χ0n) is 42.5. The van der Waals surface area contributed by atoms with E-state index >= 15 is 0 Å². The van der Waals surface area contributed by atoms with E-state index in [1.54, 1.807) is 0 Å². The van der Waals surface area contributed by atoms with Gasteiger partial charge in [0.1, 0.15) is 6.61 Å². The summed E-state index contributed by atoms with van der Waals surface area (Å²) >= 11 is 0. The first-order valence-corrected chi connectivity index (χ1v) is 27.1. The number of carbonyl (C=O) groups excluding carboxylic acids is 2. The summed E-state index contributed by atoms with van der Waals surface area (Å²) in [7, 11) is -4.42. The molecule has 2 atom stereocenters. The van der Waals surface area contributed by atoms with Crippen molar-refractivity contribution in [3.05, 3.63) is 170 Å². The van der Waals surface area contributed by atoms with Crippen LogP contribution in [0.15, 0.2) is 170 Å². The molecular weight excluding hydrogens is 882 g/mol. The van der Waals surface area contributed by atoms with Crippen molar-refractivity contribution in [2.75, 3.05) is 26.4 Å². The number of carbonyl (C=O) groups is 2. The largest absolute Gasteiger partial charge is 0.472 e. The van der Waals surface area contributed by atoms with Gasteiger partial charge >= 0.3 is 19.8 Å². The molecule has 0 spiro atoms. The molecule has 0 aliphatic carbocycles. The SMILES string of the molecule is CC/C=C\C/C=C\C/C=C\C/C=C\C/C=C\C/C=C\C/C=C\C/C=C\C/C=C\CCCC(=O)OC(COC(=O)CCCCC/C=C\C/C=C\C/C=C\C/C=C\C/C=C\CC)COP(=O)(O)OCCN. The van der Waals surface area contributed by atoms with Gasteiger partial charge in [0.15, 0.2) is 6.10 Å². The van der Waals surface area contributed by atoms with Crippen LogP contribution in [-0.2, 0) is 32.7 Å². The van der Waals surface area contributed by atoms with E-state index in [0.717, 1.165) is 109 Å². The summed E-state index contributed by atoms with van der Waals surface area (Å²) in [4.78, 5) is 35.0. The first-order chi connectivity index (χ1) is 33.8. The summed E-state index contributed by atoms with van der Waals surface area (Å²) in [5.41, 5.74) is 5.36. The van der Waals surface area contributed by atoms with Gasteiger partial charge in [0.2, 0.25) is 0 Å². The van der Waals surface area contributed by atoms with E-state index in [2.05, 4.69) is 178 Å². The third kappa shape index (κ3) is 52.6. The number of phosphoric acid groups is 1. The molecule has 3 N–H and O–H groups in total. The quantitative estimate of drug-likeness (QED) is 0.0265. The predicted molar refractivity (Wildman–Crippen MR) is 293 cm³/mol. The number of unbranched alkanes of at least 4 members (excludes halogenated alkanes) is 4. The van der Waals surface area contributed by atoms with Crippen molar-refractivity contribution >= 4 is 19.8 Å². The number of allylic oxidation sites excluding steroid dienone is 28. The minimum atomic E-state index is -4.42. The van der Waals surface area contributed by atoms with Crippen LogP contribution in [0.25, 0.3) is 0 Å². The lowest BCUT2D eigenvalue weighted by molar-refractivity contribution is -0.161. The van der Waals surface area contributed by atoms with Crippen LogP contribution in [0.3, 0.4) is 0 Å². The second kappa shape index (κ2) is 52.7. The summed E-state index contributed by atoms with van der Waals surface area (Å²) < 4.78 is 32.8. The van der Waals surface area contributed by atoms with Crippen LogP contribution in [0.2, 0.25) is 0 Å². The van der Waals surface area contributed by atoms with E-state index in [1.807, 2.05) is 6.08 Å². The first kappa shape index (κ1) is 64.4. The number of rotatable bonds is 45. The topological polar surface area (TPSA) is 134 Å². The molecular formula is C59H90NO8P. The Morgan fingerprint density at radius 3 is 1.13 bits per heavy atom. The van der Waals surface area contributed by atoms with E-state index in [-0.39, 0.29) is 32.6 Å². The average molecular weight is 972 g/mol. The van der Waals surface area contributed by atoms with Gasteiger partial charge in [0.05, 0.1) is 13.2 Å². The highest BCUT2D eigenvalue weighted by Gasteiger charge is 2.26. The third-order valence-electron chi connectivity index (χ3n) is 9.60. The summed E-state index contributed by atoms with van der Waals surface area (Å²) in [5.74, 6) is -0.955. The molecule has 0 saturated carbocycles. The fourth-order valence-electron chi connectivity index (χ4n) is 5.90. The molecule has 0 rings (SSSR count). The Balaban J connectivity index is 4.28. The lowest BCUT2D eigenvalue weighted by Gasteiger charge is -2.19. The van der Waals surface area contributed by atoms with Crippen LogP contribution in [0.4, 0.5) is 0 Å². The van der Waals surface area contributed by atoms with Gasteiger partial charge in [-0.15, -0.1) is 0 Å². The van der Waals surface area contributed by atoms with Gasteiger partial charge < -0.3 is 20.1 Å². The van der Waals surface area contributed by atoms with Crippen molar-refractivity contribution in [2.24, 2.45) is 5.73 Å². The molecule has 2 unspecified atom stereocenters. The maximum absolute atomic E-state index is 12.6. The zero-order chi connectivity index (χ0) is 50.2. The van der Waals surface area contributed by atoms with Crippen LogP contribution in [0.5, 0.6) is 0 Å². The highest BCUT2D eigenvalue weighted by molar-refractivity contribution is 7.47. The Hall–Kier alpha value is -4.63. The van der Waals surface area contributed by atoms with E-state index in [4.69, 9.17) is 24.3 Å². The molecule has 0 aliphatic heterocycles. The van der Waals surface area contributed by atoms with Gasteiger partial charge in [-0.25, -0.2) is 4.57 Å². The van der Waals surface area contributed by atoms with Gasteiger partial charge in [-0.05, 0) is 122 Å². The van der Waals surface area contributed by atoms with Crippen LogP contribution >= 0.6 is 7.82 Å². The van der Waals surface area contributed by atoms with Crippen molar-refractivity contribution in [1.82, 2.24) is 0 Å². The van der Waals surface area contributed by atoms with Crippen molar-refractivity contribution in [1.29, 1.82) is 0 Å². The number of nitrogens with two attached hydrogens (primary N) is 1. The van der Waals surface area contributed by atoms with E-state index < -0.39 is 32.5 Å². The normalized spacial score (nSPS) is 14.6. The Morgan fingerprint density at radius 2 is 0.768 bits per heavy atom. The van der Waals surface area contributed by atoms with Gasteiger partial charge in [-0.1, -0.05) is 190 Å². The Bertz CT molecular complexity index is 1720. The second-order valence-electron chi connectivity index (χ2n) is 15.9. The van der Waals surface area contributed by atoms with Crippen molar-refractivity contribution in [3.63, 3.8) is 0 Å². The maximum atomic E-state index is 12.6. The minimum Gasteiger partial charge on any atom is -0.462 e. The van der Waals surface area contributed by atoms with Crippen LogP contribution in [-0.4, -0.2) is 49.3 Å². The summed E-state index contributed by atoms with van der Waals surface area (Å²) in [5, 5.41) is 0.